The van der Waals surface area contributed by atoms with Crippen LogP contribution in [-0.2, 0) is 6.42 Å². The minimum absolute atomic E-state index is 0.0642. The maximum absolute atomic E-state index is 6.20. The van der Waals surface area contributed by atoms with Crippen LogP contribution in [0.1, 0.15) is 33.9 Å². The Labute approximate surface area is 125 Å². The Bertz CT molecular complexity index is 588. The zero-order chi connectivity index (χ0) is 14.7. The predicted octanol–water partition coefficient (Wildman–Crippen LogP) is 4.01. The van der Waals surface area contributed by atoms with Crippen molar-refractivity contribution in [2.24, 2.45) is 5.84 Å². The normalized spacial score (nSPS) is 12.4. The molecule has 0 bridgehead atoms. The highest BCUT2D eigenvalue weighted by atomic mass is 35.5. The SMILES string of the molecule is Cc1cc(C)cc(CC(NN)c2ccc(C)c(Cl)c2)c1. The van der Waals surface area contributed by atoms with E-state index in [1.165, 1.54) is 16.7 Å². The molecule has 2 aromatic rings. The van der Waals surface area contributed by atoms with Crippen molar-refractivity contribution in [3.8, 4) is 0 Å². The van der Waals surface area contributed by atoms with Crippen LogP contribution in [0.4, 0.5) is 0 Å². The highest BCUT2D eigenvalue weighted by Crippen LogP contribution is 2.24. The highest BCUT2D eigenvalue weighted by molar-refractivity contribution is 6.31. The smallest absolute Gasteiger partial charge is 0.0500 e. The van der Waals surface area contributed by atoms with Crippen molar-refractivity contribution in [2.75, 3.05) is 0 Å². The first kappa shape index (κ1) is 15.0. The van der Waals surface area contributed by atoms with Crippen LogP contribution in [0.5, 0.6) is 0 Å². The van der Waals surface area contributed by atoms with Gasteiger partial charge in [-0.25, -0.2) is 0 Å². The summed E-state index contributed by atoms with van der Waals surface area (Å²) in [7, 11) is 0. The predicted molar refractivity (Wildman–Crippen MR) is 85.9 cm³/mol. The summed E-state index contributed by atoms with van der Waals surface area (Å²) in [6.45, 7) is 6.23. The van der Waals surface area contributed by atoms with Gasteiger partial charge in [-0.2, -0.15) is 0 Å². The van der Waals surface area contributed by atoms with Crippen LogP contribution >= 0.6 is 11.6 Å². The molecule has 0 heterocycles. The van der Waals surface area contributed by atoms with Gasteiger partial charge in [-0.05, 0) is 49.9 Å². The van der Waals surface area contributed by atoms with Gasteiger partial charge in [0.25, 0.3) is 0 Å². The van der Waals surface area contributed by atoms with E-state index in [1.54, 1.807) is 0 Å². The minimum atomic E-state index is 0.0642. The lowest BCUT2D eigenvalue weighted by atomic mass is 9.96. The number of nitrogens with one attached hydrogen (secondary N) is 1. The lowest BCUT2D eigenvalue weighted by molar-refractivity contribution is 0.551. The average molecular weight is 289 g/mol. The Balaban J connectivity index is 2.26. The number of hydrazine groups is 1. The molecule has 0 radical (unpaired) electrons. The van der Waals surface area contributed by atoms with Crippen LogP contribution < -0.4 is 11.3 Å². The van der Waals surface area contributed by atoms with Crippen molar-refractivity contribution in [3.05, 3.63) is 69.2 Å². The second-order valence-electron chi connectivity index (χ2n) is 5.43. The molecule has 3 N–H and O–H groups in total. The molecule has 1 unspecified atom stereocenters. The standard InChI is InChI=1S/C17H21ClN2/c1-11-6-12(2)8-14(7-11)9-17(20-19)15-5-4-13(3)16(18)10-15/h4-8,10,17,20H,9,19H2,1-3H3. The average Bonchev–Trinajstić information content (AvgIpc) is 2.38. The van der Waals surface area contributed by atoms with E-state index in [1.807, 2.05) is 19.1 Å². The van der Waals surface area contributed by atoms with Crippen LogP contribution in [0.3, 0.4) is 0 Å². The van der Waals surface area contributed by atoms with Crippen molar-refractivity contribution < 1.29 is 0 Å². The summed E-state index contributed by atoms with van der Waals surface area (Å²) in [4.78, 5) is 0. The van der Waals surface area contributed by atoms with Gasteiger partial charge in [-0.3, -0.25) is 11.3 Å². The molecule has 3 heteroatoms. The van der Waals surface area contributed by atoms with Crippen molar-refractivity contribution >= 4 is 11.6 Å². The molecule has 0 spiro atoms. The first-order chi connectivity index (χ1) is 9.49. The summed E-state index contributed by atoms with van der Waals surface area (Å²) in [5, 5.41) is 0.781. The van der Waals surface area contributed by atoms with Gasteiger partial charge in [-0.1, -0.05) is 53.1 Å². The molecule has 0 aromatic heterocycles. The van der Waals surface area contributed by atoms with E-state index >= 15 is 0 Å². The molecule has 0 aliphatic rings. The summed E-state index contributed by atoms with van der Waals surface area (Å²) in [6.07, 6.45) is 0.846. The van der Waals surface area contributed by atoms with Gasteiger partial charge in [0.15, 0.2) is 0 Å². The maximum Gasteiger partial charge on any atom is 0.0500 e. The summed E-state index contributed by atoms with van der Waals surface area (Å²) < 4.78 is 0. The molecule has 2 nitrogen and oxygen atoms in total. The minimum Gasteiger partial charge on any atom is -0.271 e. The van der Waals surface area contributed by atoms with E-state index in [9.17, 15) is 0 Å². The van der Waals surface area contributed by atoms with Crippen LogP contribution in [0.2, 0.25) is 5.02 Å². The number of benzene rings is 2. The second kappa shape index (κ2) is 6.40. The number of hydrogen-bond donors (Lipinski definition) is 2. The number of rotatable bonds is 4. The molecule has 0 aliphatic heterocycles. The number of halogens is 1. The number of hydrogen-bond acceptors (Lipinski definition) is 2. The van der Waals surface area contributed by atoms with Crippen molar-refractivity contribution in [2.45, 2.75) is 33.2 Å². The Hall–Kier alpha value is -1.35. The maximum atomic E-state index is 6.20. The van der Waals surface area contributed by atoms with Gasteiger partial charge in [0.2, 0.25) is 0 Å². The van der Waals surface area contributed by atoms with Crippen molar-refractivity contribution in [1.82, 2.24) is 5.43 Å². The molecule has 0 saturated heterocycles. The first-order valence-electron chi connectivity index (χ1n) is 6.79. The fraction of sp³-hybridized carbons (Fsp3) is 0.294. The molecule has 2 rings (SSSR count). The molecule has 2 aromatic carbocycles. The zero-order valence-corrected chi connectivity index (χ0v) is 13.0. The van der Waals surface area contributed by atoms with Crippen molar-refractivity contribution in [1.29, 1.82) is 0 Å². The van der Waals surface area contributed by atoms with E-state index in [-0.39, 0.29) is 6.04 Å². The first-order valence-corrected chi connectivity index (χ1v) is 7.16. The fourth-order valence-electron chi connectivity index (χ4n) is 2.52. The van der Waals surface area contributed by atoms with Gasteiger partial charge in [0.05, 0.1) is 6.04 Å². The van der Waals surface area contributed by atoms with Crippen LogP contribution in [-0.4, -0.2) is 0 Å². The third-order valence-corrected chi connectivity index (χ3v) is 3.93. The molecule has 0 fully saturated rings. The molecular weight excluding hydrogens is 268 g/mol. The number of nitrogens with two attached hydrogens (primary N) is 1. The van der Waals surface area contributed by atoms with Gasteiger partial charge < -0.3 is 0 Å². The Morgan fingerprint density at radius 1 is 1.05 bits per heavy atom. The lowest BCUT2D eigenvalue weighted by Gasteiger charge is -2.18. The van der Waals surface area contributed by atoms with Gasteiger partial charge in [0.1, 0.15) is 0 Å². The van der Waals surface area contributed by atoms with E-state index in [4.69, 9.17) is 17.4 Å². The zero-order valence-electron chi connectivity index (χ0n) is 12.2. The molecule has 1 atom stereocenters. The summed E-state index contributed by atoms with van der Waals surface area (Å²) in [5.74, 6) is 5.72. The molecule has 0 saturated carbocycles. The Morgan fingerprint density at radius 2 is 1.70 bits per heavy atom. The Morgan fingerprint density at radius 3 is 2.25 bits per heavy atom. The Kier molecular flexibility index (Phi) is 4.81. The van der Waals surface area contributed by atoms with E-state index in [2.05, 4.69) is 43.5 Å². The monoisotopic (exact) mass is 288 g/mol. The topological polar surface area (TPSA) is 38.0 Å². The van der Waals surface area contributed by atoms with E-state index in [0.717, 1.165) is 22.6 Å². The van der Waals surface area contributed by atoms with Crippen molar-refractivity contribution in [3.63, 3.8) is 0 Å². The van der Waals surface area contributed by atoms with E-state index in [0.29, 0.717) is 0 Å². The highest BCUT2D eigenvalue weighted by Gasteiger charge is 2.12. The lowest BCUT2D eigenvalue weighted by Crippen LogP contribution is -2.29. The molecule has 106 valence electrons. The number of aryl methyl sites for hydroxylation is 3. The van der Waals surface area contributed by atoms with Crippen LogP contribution in [0, 0.1) is 20.8 Å². The van der Waals surface area contributed by atoms with Gasteiger partial charge >= 0.3 is 0 Å². The van der Waals surface area contributed by atoms with Gasteiger partial charge in [-0.15, -0.1) is 0 Å². The molecule has 20 heavy (non-hydrogen) atoms. The summed E-state index contributed by atoms with van der Waals surface area (Å²) in [6, 6.07) is 12.7. The summed E-state index contributed by atoms with van der Waals surface area (Å²) >= 11 is 6.20. The second-order valence-corrected chi connectivity index (χ2v) is 5.84. The molecular formula is C17H21ClN2. The third-order valence-electron chi connectivity index (χ3n) is 3.52. The molecule has 0 amide bonds. The largest absolute Gasteiger partial charge is 0.271 e. The van der Waals surface area contributed by atoms with E-state index < -0.39 is 0 Å². The van der Waals surface area contributed by atoms with Crippen LogP contribution in [0.15, 0.2) is 36.4 Å². The quantitative estimate of drug-likeness (QED) is 0.659. The molecule has 0 aliphatic carbocycles. The van der Waals surface area contributed by atoms with Gasteiger partial charge in [0, 0.05) is 5.02 Å². The fourth-order valence-corrected chi connectivity index (χ4v) is 2.71. The van der Waals surface area contributed by atoms with Crippen LogP contribution in [0.25, 0.3) is 0 Å². The summed E-state index contributed by atoms with van der Waals surface area (Å²) in [5.41, 5.74) is 8.92. The third kappa shape index (κ3) is 3.60.